The van der Waals surface area contributed by atoms with Crippen LogP contribution in [0.1, 0.15) is 21.9 Å². The molecule has 2 aliphatic heterocycles. The second-order valence-electron chi connectivity index (χ2n) is 9.89. The summed E-state index contributed by atoms with van der Waals surface area (Å²) in [5, 5.41) is 2.36. The van der Waals surface area contributed by atoms with E-state index in [1.165, 1.54) is 22.8 Å². The number of thiazole rings is 1. The van der Waals surface area contributed by atoms with Gasteiger partial charge in [0, 0.05) is 21.5 Å². The number of carbonyl (C=O) groups is 3. The quantitative estimate of drug-likeness (QED) is 0.221. The van der Waals surface area contributed by atoms with E-state index < -0.39 is 63.7 Å². The number of hydrogen-bond acceptors (Lipinski definition) is 6. The van der Waals surface area contributed by atoms with Crippen LogP contribution in [0.2, 0.25) is 15.1 Å². The Morgan fingerprint density at radius 2 is 1.61 bits per heavy atom. The van der Waals surface area contributed by atoms with Crippen molar-refractivity contribution in [3.05, 3.63) is 107 Å². The Morgan fingerprint density at radius 3 is 2.32 bits per heavy atom. The van der Waals surface area contributed by atoms with Crippen LogP contribution in [0.4, 0.5) is 24.5 Å². The Morgan fingerprint density at radius 1 is 0.909 bits per heavy atom. The molecule has 1 aromatic heterocycles. The number of anilines is 2. The Bertz CT molecular complexity index is 1900. The largest absolute Gasteiger partial charge is 0.418 e. The van der Waals surface area contributed by atoms with Crippen molar-refractivity contribution in [3.8, 4) is 0 Å². The van der Waals surface area contributed by atoms with Gasteiger partial charge < -0.3 is 5.32 Å². The van der Waals surface area contributed by atoms with Gasteiger partial charge >= 0.3 is 11.0 Å². The van der Waals surface area contributed by atoms with Crippen molar-refractivity contribution in [1.82, 2.24) is 4.57 Å². The first kappa shape index (κ1) is 30.7. The number of hydrogen-bond donors (Lipinski definition) is 1. The fourth-order valence-electron chi connectivity index (χ4n) is 5.37. The molecule has 3 aromatic carbocycles. The molecule has 0 bridgehead atoms. The van der Waals surface area contributed by atoms with Crippen LogP contribution in [0, 0.1) is 5.92 Å². The van der Waals surface area contributed by atoms with Gasteiger partial charge in [0.15, 0.2) is 0 Å². The minimum Gasteiger partial charge on any atom is -0.325 e. The number of nitrogens with one attached hydrogen (secondary N) is 1. The third-order valence-electron chi connectivity index (χ3n) is 7.25. The zero-order valence-corrected chi connectivity index (χ0v) is 25.8. The molecule has 3 heterocycles. The number of benzene rings is 3. The highest BCUT2D eigenvalue weighted by Gasteiger charge is 2.58. The number of alkyl halides is 3. The number of rotatable bonds is 5. The molecule has 6 rings (SSSR count). The topological polar surface area (TPSA) is 88.5 Å². The molecule has 0 radical (unpaired) electrons. The van der Waals surface area contributed by atoms with Crippen molar-refractivity contribution < 1.29 is 27.6 Å². The van der Waals surface area contributed by atoms with Crippen molar-refractivity contribution >= 4 is 87.0 Å². The Labute approximate surface area is 270 Å². The maximum Gasteiger partial charge on any atom is 0.418 e. The van der Waals surface area contributed by atoms with E-state index in [0.29, 0.717) is 26.1 Å². The van der Waals surface area contributed by atoms with E-state index in [1.807, 2.05) is 0 Å². The average molecular weight is 699 g/mol. The molecule has 3 atom stereocenters. The zero-order valence-electron chi connectivity index (χ0n) is 21.9. The molecule has 226 valence electrons. The molecule has 2 aliphatic rings. The van der Waals surface area contributed by atoms with Gasteiger partial charge in [0.2, 0.25) is 17.7 Å². The molecule has 1 N–H and O–H groups in total. The first-order chi connectivity index (χ1) is 20.9. The van der Waals surface area contributed by atoms with E-state index in [4.69, 9.17) is 34.8 Å². The minimum absolute atomic E-state index is 0.0676. The molecule has 44 heavy (non-hydrogen) atoms. The number of aromatic nitrogens is 1. The van der Waals surface area contributed by atoms with Crippen LogP contribution in [-0.4, -0.2) is 27.5 Å². The lowest BCUT2D eigenvalue weighted by Crippen LogP contribution is -2.33. The highest BCUT2D eigenvalue weighted by Crippen LogP contribution is 2.55. The fraction of sp³-hybridized carbons (Fsp3) is 0.172. The highest BCUT2D eigenvalue weighted by molar-refractivity contribution is 8.00. The average Bonchev–Trinajstić information content (AvgIpc) is 3.41. The standard InChI is InChI=1S/C29H17Cl3F3N3O4S2/c30-13-8-10-14(11-9-13)36-19(39)12-37-27-24(44-28(37)42)20(15-4-3-6-17(31)22(15)32)21-23(43-27)26(41)38(25(21)40)18-7-2-1-5-16(18)29(33,34)35/h1-11,20-21,23H,12H2,(H,36,39)/t20-,21?,23?/m1/s1. The molecule has 2 unspecified atom stereocenters. The van der Waals surface area contributed by atoms with E-state index >= 15 is 0 Å². The van der Waals surface area contributed by atoms with Crippen LogP contribution in [0.15, 0.2) is 76.6 Å². The van der Waals surface area contributed by atoms with Crippen molar-refractivity contribution in [2.75, 3.05) is 10.2 Å². The molecule has 0 saturated carbocycles. The maximum atomic E-state index is 14.0. The molecular formula is C29H17Cl3F3N3O4S2. The molecule has 0 spiro atoms. The minimum atomic E-state index is -4.84. The first-order valence-corrected chi connectivity index (χ1v) is 15.6. The van der Waals surface area contributed by atoms with Crippen LogP contribution in [0.25, 0.3) is 0 Å². The van der Waals surface area contributed by atoms with E-state index in [-0.39, 0.29) is 15.1 Å². The molecule has 4 aromatic rings. The fourth-order valence-corrected chi connectivity index (χ4v) is 8.69. The second-order valence-corrected chi connectivity index (χ2v) is 13.2. The van der Waals surface area contributed by atoms with Gasteiger partial charge in [0.25, 0.3) is 0 Å². The van der Waals surface area contributed by atoms with Gasteiger partial charge in [-0.3, -0.25) is 23.7 Å². The summed E-state index contributed by atoms with van der Waals surface area (Å²) >= 11 is 20.4. The van der Waals surface area contributed by atoms with Crippen molar-refractivity contribution in [2.24, 2.45) is 5.92 Å². The number of para-hydroxylation sites is 1. The number of carbonyl (C=O) groups excluding carboxylic acids is 3. The molecular weight excluding hydrogens is 682 g/mol. The highest BCUT2D eigenvalue weighted by atomic mass is 35.5. The van der Waals surface area contributed by atoms with Crippen LogP contribution in [0.5, 0.6) is 0 Å². The molecule has 15 heteroatoms. The smallest absolute Gasteiger partial charge is 0.325 e. The summed E-state index contributed by atoms with van der Waals surface area (Å²) in [6.45, 7) is -0.434. The lowest BCUT2D eigenvalue weighted by molar-refractivity contribution is -0.137. The summed E-state index contributed by atoms with van der Waals surface area (Å²) in [6, 6.07) is 15.3. The van der Waals surface area contributed by atoms with Gasteiger partial charge in [-0.15, -0.1) is 0 Å². The molecule has 0 aliphatic carbocycles. The first-order valence-electron chi connectivity index (χ1n) is 12.8. The van der Waals surface area contributed by atoms with Crippen LogP contribution < -0.4 is 15.1 Å². The van der Waals surface area contributed by atoms with Gasteiger partial charge in [-0.1, -0.05) is 82.2 Å². The third kappa shape index (κ3) is 5.32. The molecule has 7 nitrogen and oxygen atoms in total. The van der Waals surface area contributed by atoms with Crippen molar-refractivity contribution in [3.63, 3.8) is 0 Å². The number of halogens is 6. The predicted molar refractivity (Wildman–Crippen MR) is 164 cm³/mol. The monoisotopic (exact) mass is 697 g/mol. The third-order valence-corrected chi connectivity index (χ3v) is 10.9. The summed E-state index contributed by atoms with van der Waals surface area (Å²) in [7, 11) is 0. The Balaban J connectivity index is 1.46. The maximum absolute atomic E-state index is 14.0. The zero-order chi connectivity index (χ0) is 31.5. The molecule has 3 amide bonds. The number of fused-ring (bicyclic) bond motifs is 2. The van der Waals surface area contributed by atoms with Crippen LogP contribution in [0.3, 0.4) is 0 Å². The van der Waals surface area contributed by atoms with E-state index in [9.17, 15) is 32.3 Å². The SMILES string of the molecule is O=C(Cn1c2c(sc1=O)[C@H](c1cccc(Cl)c1Cl)C1C(=O)N(c3ccccc3C(F)(F)F)C(=O)C1S2)Nc1ccc(Cl)cc1. The van der Waals surface area contributed by atoms with Gasteiger partial charge in [0.1, 0.15) is 11.8 Å². The second kappa shape index (κ2) is 11.6. The Hall–Kier alpha value is -3.29. The Kier molecular flexibility index (Phi) is 8.08. The predicted octanol–water partition coefficient (Wildman–Crippen LogP) is 7.32. The number of nitrogens with zero attached hydrogens (tertiary/aromatic N) is 2. The summed E-state index contributed by atoms with van der Waals surface area (Å²) in [6.07, 6.45) is -4.84. The summed E-state index contributed by atoms with van der Waals surface area (Å²) < 4.78 is 43.1. The van der Waals surface area contributed by atoms with Gasteiger partial charge in [-0.05, 0) is 48.0 Å². The van der Waals surface area contributed by atoms with E-state index in [2.05, 4.69) is 5.32 Å². The summed E-state index contributed by atoms with van der Waals surface area (Å²) in [5.74, 6) is -4.54. The summed E-state index contributed by atoms with van der Waals surface area (Å²) in [4.78, 5) is 54.5. The lowest BCUT2D eigenvalue weighted by atomic mass is 9.83. The van der Waals surface area contributed by atoms with E-state index in [1.54, 1.807) is 36.4 Å². The van der Waals surface area contributed by atoms with Crippen molar-refractivity contribution in [1.29, 1.82) is 0 Å². The molecule has 1 fully saturated rings. The van der Waals surface area contributed by atoms with Crippen LogP contribution >= 0.6 is 57.9 Å². The van der Waals surface area contributed by atoms with Gasteiger partial charge in [-0.2, -0.15) is 13.2 Å². The normalized spacial score (nSPS) is 19.6. The number of amides is 3. The van der Waals surface area contributed by atoms with Crippen LogP contribution in [-0.2, 0) is 27.1 Å². The van der Waals surface area contributed by atoms with Crippen molar-refractivity contribution in [2.45, 2.75) is 28.9 Å². The summed E-state index contributed by atoms with van der Waals surface area (Å²) in [5.41, 5.74) is -0.984. The lowest BCUT2D eigenvalue weighted by Gasteiger charge is -2.31. The van der Waals surface area contributed by atoms with Gasteiger partial charge in [0.05, 0.1) is 32.2 Å². The number of imide groups is 1. The van der Waals surface area contributed by atoms with E-state index in [0.717, 1.165) is 35.2 Å². The number of thioether (sulfide) groups is 1. The van der Waals surface area contributed by atoms with Gasteiger partial charge in [-0.25, -0.2) is 4.90 Å². The molecule has 1 saturated heterocycles.